The summed E-state index contributed by atoms with van der Waals surface area (Å²) in [5.41, 5.74) is 7.23. The van der Waals surface area contributed by atoms with Gasteiger partial charge in [0.1, 0.15) is 5.75 Å². The molecule has 66 valence electrons. The summed E-state index contributed by atoms with van der Waals surface area (Å²) in [7, 11) is 0. The van der Waals surface area contributed by atoms with E-state index in [1.54, 1.807) is 6.07 Å². The lowest BCUT2D eigenvalue weighted by Crippen LogP contribution is -1.96. The molecule has 0 aliphatic carbocycles. The van der Waals surface area contributed by atoms with E-state index in [-0.39, 0.29) is 0 Å². The Balaban J connectivity index is 3.10. The van der Waals surface area contributed by atoms with Crippen LogP contribution in [0.15, 0.2) is 12.1 Å². The maximum absolute atomic E-state index is 5.91. The fraction of sp³-hybridized carbons (Fsp3) is 0.333. The minimum absolute atomic E-state index is 0.578. The van der Waals surface area contributed by atoms with E-state index in [9.17, 15) is 0 Å². The normalized spacial score (nSPS) is 9.92. The molecule has 1 aromatic carbocycles. The van der Waals surface area contributed by atoms with E-state index < -0.39 is 0 Å². The first-order valence-corrected chi connectivity index (χ1v) is 4.21. The summed E-state index contributed by atoms with van der Waals surface area (Å²) in [4.78, 5) is 0. The lowest BCUT2D eigenvalue weighted by Gasteiger charge is -2.09. The van der Waals surface area contributed by atoms with Crippen molar-refractivity contribution < 1.29 is 4.74 Å². The Morgan fingerprint density at radius 2 is 2.17 bits per heavy atom. The highest BCUT2D eigenvalue weighted by Gasteiger charge is 2.05. The van der Waals surface area contributed by atoms with Gasteiger partial charge in [-0.15, -0.1) is 0 Å². The fourth-order valence-electron chi connectivity index (χ4n) is 1.08. The number of hydrogen-bond donors (Lipinski definition) is 1. The largest absolute Gasteiger partial charge is 0.492 e. The number of anilines is 1. The molecule has 0 saturated heterocycles. The van der Waals surface area contributed by atoms with Gasteiger partial charge in [0.2, 0.25) is 0 Å². The van der Waals surface area contributed by atoms with Crippen molar-refractivity contribution in [2.75, 3.05) is 12.3 Å². The van der Waals surface area contributed by atoms with Gasteiger partial charge in [-0.1, -0.05) is 11.6 Å². The first kappa shape index (κ1) is 9.20. The molecule has 1 aromatic rings. The zero-order valence-electron chi connectivity index (χ0n) is 7.23. The van der Waals surface area contributed by atoms with Crippen molar-refractivity contribution in [2.45, 2.75) is 13.8 Å². The quantitative estimate of drug-likeness (QED) is 0.719. The van der Waals surface area contributed by atoms with Crippen LogP contribution in [0.2, 0.25) is 5.02 Å². The molecule has 3 heteroatoms. The van der Waals surface area contributed by atoms with E-state index in [0.29, 0.717) is 17.3 Å². The van der Waals surface area contributed by atoms with E-state index >= 15 is 0 Å². The third kappa shape index (κ3) is 1.83. The highest BCUT2D eigenvalue weighted by molar-refractivity contribution is 6.32. The Labute approximate surface area is 77.3 Å². The highest BCUT2D eigenvalue weighted by atomic mass is 35.5. The van der Waals surface area contributed by atoms with E-state index in [1.807, 2.05) is 19.9 Å². The average molecular weight is 186 g/mol. The van der Waals surface area contributed by atoms with Gasteiger partial charge < -0.3 is 10.5 Å². The summed E-state index contributed by atoms with van der Waals surface area (Å²) in [6, 6.07) is 3.54. The van der Waals surface area contributed by atoms with Crippen LogP contribution < -0.4 is 10.5 Å². The molecule has 0 heterocycles. The van der Waals surface area contributed by atoms with Crippen LogP contribution in [-0.2, 0) is 0 Å². The SMILES string of the molecule is CCOc1c(C)cc(N)cc1Cl. The lowest BCUT2D eigenvalue weighted by molar-refractivity contribution is 0.338. The lowest BCUT2D eigenvalue weighted by atomic mass is 10.2. The van der Waals surface area contributed by atoms with E-state index in [1.165, 1.54) is 0 Å². The maximum atomic E-state index is 5.91. The molecule has 0 aliphatic heterocycles. The van der Waals surface area contributed by atoms with Crippen LogP contribution in [0, 0.1) is 6.92 Å². The van der Waals surface area contributed by atoms with Crippen LogP contribution >= 0.6 is 11.6 Å². The van der Waals surface area contributed by atoms with Crippen LogP contribution in [0.1, 0.15) is 12.5 Å². The molecule has 0 amide bonds. The number of benzene rings is 1. The van der Waals surface area contributed by atoms with Crippen LogP contribution in [0.4, 0.5) is 5.69 Å². The molecular formula is C9H12ClNO. The van der Waals surface area contributed by atoms with Crippen LogP contribution in [0.3, 0.4) is 0 Å². The zero-order valence-corrected chi connectivity index (χ0v) is 7.98. The molecule has 1 rings (SSSR count). The third-order valence-electron chi connectivity index (χ3n) is 1.54. The molecule has 0 atom stereocenters. The minimum atomic E-state index is 0.578. The molecule has 0 bridgehead atoms. The Hall–Kier alpha value is -0.890. The fourth-order valence-corrected chi connectivity index (χ4v) is 1.41. The van der Waals surface area contributed by atoms with Gasteiger partial charge in [-0.2, -0.15) is 0 Å². The Morgan fingerprint density at radius 3 is 2.67 bits per heavy atom. The second-order valence-electron chi connectivity index (χ2n) is 2.58. The molecule has 0 saturated carbocycles. The average Bonchev–Trinajstić information content (AvgIpc) is 1.96. The second-order valence-corrected chi connectivity index (χ2v) is 2.99. The molecule has 0 aromatic heterocycles. The highest BCUT2D eigenvalue weighted by Crippen LogP contribution is 2.30. The monoisotopic (exact) mass is 185 g/mol. The predicted molar refractivity (Wildman–Crippen MR) is 51.8 cm³/mol. The number of rotatable bonds is 2. The van der Waals surface area contributed by atoms with Gasteiger partial charge in [-0.3, -0.25) is 0 Å². The molecule has 2 N–H and O–H groups in total. The van der Waals surface area contributed by atoms with Crippen LogP contribution in [-0.4, -0.2) is 6.61 Å². The first-order valence-electron chi connectivity index (χ1n) is 3.83. The van der Waals surface area contributed by atoms with Crippen molar-refractivity contribution in [2.24, 2.45) is 0 Å². The van der Waals surface area contributed by atoms with Gasteiger partial charge >= 0.3 is 0 Å². The zero-order chi connectivity index (χ0) is 9.14. The van der Waals surface area contributed by atoms with Crippen molar-refractivity contribution in [3.8, 4) is 5.75 Å². The van der Waals surface area contributed by atoms with Gasteiger partial charge in [-0.25, -0.2) is 0 Å². The van der Waals surface area contributed by atoms with E-state index in [2.05, 4.69) is 0 Å². The molecular weight excluding hydrogens is 174 g/mol. The van der Waals surface area contributed by atoms with Gasteiger partial charge in [0.25, 0.3) is 0 Å². The molecule has 0 unspecified atom stereocenters. The summed E-state index contributed by atoms with van der Waals surface area (Å²) in [6.07, 6.45) is 0. The number of ether oxygens (including phenoxy) is 1. The second kappa shape index (κ2) is 3.68. The minimum Gasteiger partial charge on any atom is -0.492 e. The summed E-state index contributed by atoms with van der Waals surface area (Å²) in [6.45, 7) is 4.46. The van der Waals surface area contributed by atoms with Crippen molar-refractivity contribution >= 4 is 17.3 Å². The van der Waals surface area contributed by atoms with Crippen molar-refractivity contribution in [1.82, 2.24) is 0 Å². The summed E-state index contributed by atoms with van der Waals surface area (Å²) < 4.78 is 5.33. The van der Waals surface area contributed by atoms with Crippen molar-refractivity contribution in [3.05, 3.63) is 22.7 Å². The number of nitrogen functional groups attached to an aromatic ring is 1. The standard InChI is InChI=1S/C9H12ClNO/c1-3-12-9-6(2)4-7(11)5-8(9)10/h4-5H,3,11H2,1-2H3. The molecule has 0 fully saturated rings. The van der Waals surface area contributed by atoms with Crippen molar-refractivity contribution in [3.63, 3.8) is 0 Å². The topological polar surface area (TPSA) is 35.2 Å². The van der Waals surface area contributed by atoms with Crippen molar-refractivity contribution in [1.29, 1.82) is 0 Å². The molecule has 0 aliphatic rings. The van der Waals surface area contributed by atoms with Gasteiger partial charge in [0, 0.05) is 5.69 Å². The number of nitrogens with two attached hydrogens (primary N) is 1. The van der Waals surface area contributed by atoms with E-state index in [0.717, 1.165) is 11.3 Å². The Bertz CT molecular complexity index is 263. The molecule has 12 heavy (non-hydrogen) atoms. The number of halogens is 1. The third-order valence-corrected chi connectivity index (χ3v) is 1.82. The molecule has 0 radical (unpaired) electrons. The first-order chi connectivity index (χ1) is 5.65. The summed E-state index contributed by atoms with van der Waals surface area (Å²) in [5, 5.41) is 0.578. The summed E-state index contributed by atoms with van der Waals surface area (Å²) >= 11 is 5.91. The van der Waals surface area contributed by atoms with Gasteiger partial charge in [-0.05, 0) is 31.5 Å². The van der Waals surface area contributed by atoms with Crippen LogP contribution in [0.5, 0.6) is 5.75 Å². The molecule has 2 nitrogen and oxygen atoms in total. The predicted octanol–water partition coefficient (Wildman–Crippen LogP) is 2.63. The molecule has 0 spiro atoms. The Kier molecular flexibility index (Phi) is 2.82. The Morgan fingerprint density at radius 1 is 1.50 bits per heavy atom. The van der Waals surface area contributed by atoms with E-state index in [4.69, 9.17) is 22.1 Å². The smallest absolute Gasteiger partial charge is 0.140 e. The number of aryl methyl sites for hydroxylation is 1. The van der Waals surface area contributed by atoms with Gasteiger partial charge in [0.15, 0.2) is 0 Å². The summed E-state index contributed by atoms with van der Waals surface area (Å²) in [5.74, 6) is 0.730. The van der Waals surface area contributed by atoms with Crippen LogP contribution in [0.25, 0.3) is 0 Å². The maximum Gasteiger partial charge on any atom is 0.140 e. The number of hydrogen-bond acceptors (Lipinski definition) is 2. The van der Waals surface area contributed by atoms with Gasteiger partial charge in [0.05, 0.1) is 11.6 Å².